The van der Waals surface area contributed by atoms with Crippen LogP contribution < -0.4 is 11.1 Å². The molecule has 1 aliphatic rings. The molecule has 0 saturated carbocycles. The Kier molecular flexibility index (Phi) is 4.74. The predicted molar refractivity (Wildman–Crippen MR) is 66.2 cm³/mol. The molecule has 1 unspecified atom stereocenters. The van der Waals surface area contributed by atoms with Crippen LogP contribution in [0, 0.1) is 0 Å². The summed E-state index contributed by atoms with van der Waals surface area (Å²) < 4.78 is 0. The molecule has 1 amide bonds. The van der Waals surface area contributed by atoms with Crippen molar-refractivity contribution in [3.05, 3.63) is 0 Å². The molecule has 3 N–H and O–H groups in total. The van der Waals surface area contributed by atoms with Gasteiger partial charge in [-0.25, -0.2) is 0 Å². The van der Waals surface area contributed by atoms with Gasteiger partial charge in [0.05, 0.1) is 0 Å². The third-order valence-corrected chi connectivity index (χ3v) is 3.20. The van der Waals surface area contributed by atoms with Gasteiger partial charge >= 0.3 is 0 Å². The van der Waals surface area contributed by atoms with Crippen LogP contribution in [0.5, 0.6) is 0 Å². The van der Waals surface area contributed by atoms with Gasteiger partial charge in [-0.15, -0.1) is 0 Å². The highest BCUT2D eigenvalue weighted by molar-refractivity contribution is 5.75. The molecule has 16 heavy (non-hydrogen) atoms. The van der Waals surface area contributed by atoms with Gasteiger partial charge in [-0.05, 0) is 46.7 Å². The molecule has 1 heterocycles. The molecule has 0 aromatic rings. The SMILES string of the molecule is CN1CCCC1CNC(=O)CCC(C)(C)N. The van der Waals surface area contributed by atoms with Crippen molar-refractivity contribution in [2.24, 2.45) is 5.73 Å². The first-order valence-electron chi connectivity index (χ1n) is 6.14. The number of carbonyl (C=O) groups excluding carboxylic acids is 1. The molecule has 0 aromatic carbocycles. The van der Waals surface area contributed by atoms with Crippen molar-refractivity contribution in [3.63, 3.8) is 0 Å². The van der Waals surface area contributed by atoms with Gasteiger partial charge in [0.1, 0.15) is 0 Å². The highest BCUT2D eigenvalue weighted by Gasteiger charge is 2.21. The summed E-state index contributed by atoms with van der Waals surface area (Å²) in [5.41, 5.74) is 5.59. The fourth-order valence-corrected chi connectivity index (χ4v) is 1.99. The Balaban J connectivity index is 2.15. The van der Waals surface area contributed by atoms with E-state index in [1.807, 2.05) is 13.8 Å². The molecule has 0 spiro atoms. The number of likely N-dealkylation sites (N-methyl/N-ethyl adjacent to an activating group) is 1. The maximum absolute atomic E-state index is 11.6. The van der Waals surface area contributed by atoms with E-state index in [9.17, 15) is 4.79 Å². The number of likely N-dealkylation sites (tertiary alicyclic amines) is 1. The van der Waals surface area contributed by atoms with Gasteiger partial charge < -0.3 is 16.0 Å². The molecular weight excluding hydrogens is 202 g/mol. The van der Waals surface area contributed by atoms with E-state index in [1.165, 1.54) is 12.8 Å². The van der Waals surface area contributed by atoms with Gasteiger partial charge in [0, 0.05) is 24.5 Å². The Morgan fingerprint density at radius 3 is 2.75 bits per heavy atom. The van der Waals surface area contributed by atoms with Crippen LogP contribution in [-0.4, -0.2) is 42.5 Å². The Bertz CT molecular complexity index is 235. The van der Waals surface area contributed by atoms with Crippen molar-refractivity contribution in [2.75, 3.05) is 20.1 Å². The van der Waals surface area contributed by atoms with Crippen LogP contribution >= 0.6 is 0 Å². The quantitative estimate of drug-likeness (QED) is 0.727. The number of carbonyl (C=O) groups is 1. The van der Waals surface area contributed by atoms with Crippen molar-refractivity contribution in [3.8, 4) is 0 Å². The largest absolute Gasteiger partial charge is 0.355 e. The van der Waals surface area contributed by atoms with Gasteiger partial charge in [0.25, 0.3) is 0 Å². The monoisotopic (exact) mass is 227 g/mol. The minimum atomic E-state index is -0.249. The van der Waals surface area contributed by atoms with E-state index in [0.717, 1.165) is 19.5 Å². The molecule has 4 heteroatoms. The maximum atomic E-state index is 11.6. The lowest BCUT2D eigenvalue weighted by atomic mass is 10.00. The summed E-state index contributed by atoms with van der Waals surface area (Å²) in [6.45, 7) is 5.83. The van der Waals surface area contributed by atoms with E-state index in [1.54, 1.807) is 0 Å². The summed E-state index contributed by atoms with van der Waals surface area (Å²) >= 11 is 0. The second-order valence-corrected chi connectivity index (χ2v) is 5.57. The molecule has 1 saturated heterocycles. The zero-order chi connectivity index (χ0) is 12.2. The van der Waals surface area contributed by atoms with Crippen molar-refractivity contribution in [1.29, 1.82) is 0 Å². The summed E-state index contributed by atoms with van der Waals surface area (Å²) in [6, 6.07) is 0.523. The van der Waals surface area contributed by atoms with Crippen molar-refractivity contribution in [1.82, 2.24) is 10.2 Å². The number of hydrogen-bond donors (Lipinski definition) is 2. The lowest BCUT2D eigenvalue weighted by Gasteiger charge is -2.21. The fourth-order valence-electron chi connectivity index (χ4n) is 1.99. The van der Waals surface area contributed by atoms with E-state index in [2.05, 4.69) is 17.3 Å². The molecule has 4 nitrogen and oxygen atoms in total. The van der Waals surface area contributed by atoms with Crippen LogP contribution in [0.3, 0.4) is 0 Å². The van der Waals surface area contributed by atoms with E-state index in [-0.39, 0.29) is 11.4 Å². The zero-order valence-corrected chi connectivity index (χ0v) is 10.8. The Morgan fingerprint density at radius 2 is 2.25 bits per heavy atom. The van der Waals surface area contributed by atoms with Gasteiger partial charge in [-0.3, -0.25) is 4.79 Å². The summed E-state index contributed by atoms with van der Waals surface area (Å²) in [7, 11) is 2.12. The molecule has 1 fully saturated rings. The topological polar surface area (TPSA) is 58.4 Å². The van der Waals surface area contributed by atoms with Crippen LogP contribution in [0.4, 0.5) is 0 Å². The summed E-state index contributed by atoms with van der Waals surface area (Å²) in [5.74, 6) is 0.124. The number of rotatable bonds is 5. The van der Waals surface area contributed by atoms with E-state index in [0.29, 0.717) is 12.5 Å². The first-order chi connectivity index (χ1) is 7.38. The average molecular weight is 227 g/mol. The number of amides is 1. The van der Waals surface area contributed by atoms with Gasteiger partial charge in [0.2, 0.25) is 5.91 Å². The fraction of sp³-hybridized carbons (Fsp3) is 0.917. The van der Waals surface area contributed by atoms with Gasteiger partial charge in [-0.1, -0.05) is 0 Å². The summed E-state index contributed by atoms with van der Waals surface area (Å²) in [5, 5.41) is 2.99. The highest BCUT2D eigenvalue weighted by atomic mass is 16.1. The molecule has 0 bridgehead atoms. The standard InChI is InChI=1S/C12H25N3O/c1-12(2,13)7-6-11(16)14-9-10-5-4-8-15(10)3/h10H,4-9,13H2,1-3H3,(H,14,16). The summed E-state index contributed by atoms with van der Waals surface area (Å²) in [4.78, 5) is 13.9. The third kappa shape index (κ3) is 4.94. The second-order valence-electron chi connectivity index (χ2n) is 5.57. The lowest BCUT2D eigenvalue weighted by Crippen LogP contribution is -2.39. The molecule has 0 radical (unpaired) electrons. The van der Waals surface area contributed by atoms with Crippen LogP contribution in [0.15, 0.2) is 0 Å². The number of nitrogens with one attached hydrogen (secondary N) is 1. The van der Waals surface area contributed by atoms with Gasteiger partial charge in [0.15, 0.2) is 0 Å². The first kappa shape index (κ1) is 13.5. The van der Waals surface area contributed by atoms with Crippen LogP contribution in [-0.2, 0) is 4.79 Å². The zero-order valence-electron chi connectivity index (χ0n) is 10.8. The molecule has 0 aromatic heterocycles. The molecule has 1 aliphatic heterocycles. The predicted octanol–water partition coefficient (Wildman–Crippen LogP) is 0.714. The minimum Gasteiger partial charge on any atom is -0.355 e. The molecule has 94 valence electrons. The maximum Gasteiger partial charge on any atom is 0.220 e. The molecular formula is C12H25N3O. The van der Waals surface area contributed by atoms with Crippen LogP contribution in [0.25, 0.3) is 0 Å². The van der Waals surface area contributed by atoms with Crippen LogP contribution in [0.2, 0.25) is 0 Å². The molecule has 1 rings (SSSR count). The lowest BCUT2D eigenvalue weighted by molar-refractivity contribution is -0.121. The molecule has 1 atom stereocenters. The number of nitrogens with two attached hydrogens (primary N) is 1. The normalized spacial score (nSPS) is 22.4. The van der Waals surface area contributed by atoms with E-state index < -0.39 is 0 Å². The van der Waals surface area contributed by atoms with Crippen molar-refractivity contribution >= 4 is 5.91 Å². The van der Waals surface area contributed by atoms with Crippen LogP contribution in [0.1, 0.15) is 39.5 Å². The first-order valence-corrected chi connectivity index (χ1v) is 6.14. The highest BCUT2D eigenvalue weighted by Crippen LogP contribution is 2.13. The van der Waals surface area contributed by atoms with E-state index >= 15 is 0 Å². The number of hydrogen-bond acceptors (Lipinski definition) is 3. The second kappa shape index (κ2) is 5.64. The number of nitrogens with zero attached hydrogens (tertiary/aromatic N) is 1. The van der Waals surface area contributed by atoms with E-state index in [4.69, 9.17) is 5.73 Å². The Morgan fingerprint density at radius 1 is 1.56 bits per heavy atom. The third-order valence-electron chi connectivity index (χ3n) is 3.20. The van der Waals surface area contributed by atoms with Gasteiger partial charge in [-0.2, -0.15) is 0 Å². The molecule has 0 aliphatic carbocycles. The van der Waals surface area contributed by atoms with Crippen molar-refractivity contribution in [2.45, 2.75) is 51.1 Å². The Labute approximate surface area is 98.6 Å². The minimum absolute atomic E-state index is 0.124. The van der Waals surface area contributed by atoms with Crippen molar-refractivity contribution < 1.29 is 4.79 Å². The average Bonchev–Trinajstić information content (AvgIpc) is 2.57. The Hall–Kier alpha value is -0.610. The summed E-state index contributed by atoms with van der Waals surface area (Å²) in [6.07, 6.45) is 3.70. The smallest absolute Gasteiger partial charge is 0.220 e.